The number of amidine groups is 1. The van der Waals surface area contributed by atoms with Crippen LogP contribution in [0.25, 0.3) is 22.2 Å². The molecule has 0 saturated heterocycles. The molecule has 28 heavy (non-hydrogen) atoms. The number of halogens is 2. The van der Waals surface area contributed by atoms with Crippen LogP contribution in [-0.4, -0.2) is 15.9 Å². The maximum Gasteiger partial charge on any atom is 0.139 e. The molecular formula is C22H17Br2N3O. The molecule has 140 valence electrons. The summed E-state index contributed by atoms with van der Waals surface area (Å²) in [4.78, 5) is 3.45. The number of H-pyrrole nitrogens is 1. The van der Waals surface area contributed by atoms with Crippen molar-refractivity contribution in [2.24, 2.45) is 5.73 Å². The molecule has 4 nitrogen and oxygen atoms in total. The van der Waals surface area contributed by atoms with E-state index in [-0.39, 0.29) is 11.6 Å². The van der Waals surface area contributed by atoms with E-state index in [0.717, 1.165) is 32.2 Å². The number of nitrogens with one attached hydrogen (secondary N) is 2. The second-order valence-corrected chi connectivity index (χ2v) is 8.37. The van der Waals surface area contributed by atoms with Gasteiger partial charge in [-0.3, -0.25) is 5.41 Å². The lowest BCUT2D eigenvalue weighted by molar-refractivity contribution is 0.473. The van der Waals surface area contributed by atoms with Gasteiger partial charge in [-0.15, -0.1) is 0 Å². The highest BCUT2D eigenvalue weighted by atomic mass is 79.9. The van der Waals surface area contributed by atoms with Crippen LogP contribution < -0.4 is 5.73 Å². The van der Waals surface area contributed by atoms with Gasteiger partial charge in [-0.25, -0.2) is 0 Å². The highest BCUT2D eigenvalue weighted by Crippen LogP contribution is 2.41. The van der Waals surface area contributed by atoms with Crippen molar-refractivity contribution in [2.75, 3.05) is 0 Å². The minimum Gasteiger partial charge on any atom is -0.506 e. The molecule has 6 heteroatoms. The van der Waals surface area contributed by atoms with Gasteiger partial charge >= 0.3 is 0 Å². The van der Waals surface area contributed by atoms with Gasteiger partial charge in [0.25, 0.3) is 0 Å². The van der Waals surface area contributed by atoms with Crippen molar-refractivity contribution in [3.63, 3.8) is 0 Å². The molecule has 0 radical (unpaired) electrons. The highest BCUT2D eigenvalue weighted by molar-refractivity contribution is 9.11. The van der Waals surface area contributed by atoms with E-state index >= 15 is 0 Å². The standard InChI is InChI=1S/C22H17Br2N3O/c23-14-10-17(21(28)18(24)11-14)20-16(8-12-4-2-1-3-5-12)15-9-13(22(25)26)6-7-19(15)27-20/h1-7,9-11,27-28H,8H2,(H3,25,26). The Hall–Kier alpha value is -2.57. The number of hydrogen-bond donors (Lipinski definition) is 4. The molecule has 3 aromatic carbocycles. The van der Waals surface area contributed by atoms with Crippen molar-refractivity contribution in [3.05, 3.63) is 86.3 Å². The number of phenols is 1. The SMILES string of the molecule is N=C(N)c1ccc2[nH]c(-c3cc(Br)cc(Br)c3O)c(Cc3ccccc3)c2c1. The molecule has 1 heterocycles. The van der Waals surface area contributed by atoms with Crippen LogP contribution in [0.1, 0.15) is 16.7 Å². The number of phenolic OH excluding ortho intramolecular Hbond substituents is 1. The number of aromatic nitrogens is 1. The summed E-state index contributed by atoms with van der Waals surface area (Å²) in [6.45, 7) is 0. The average molecular weight is 499 g/mol. The molecule has 0 aliphatic rings. The summed E-state index contributed by atoms with van der Waals surface area (Å²) >= 11 is 6.93. The monoisotopic (exact) mass is 497 g/mol. The van der Waals surface area contributed by atoms with Crippen molar-refractivity contribution in [2.45, 2.75) is 6.42 Å². The molecule has 0 bridgehead atoms. The fraction of sp³-hybridized carbons (Fsp3) is 0.0455. The van der Waals surface area contributed by atoms with Crippen molar-refractivity contribution < 1.29 is 5.11 Å². The van der Waals surface area contributed by atoms with Crippen molar-refractivity contribution in [3.8, 4) is 17.0 Å². The van der Waals surface area contributed by atoms with E-state index in [4.69, 9.17) is 11.1 Å². The van der Waals surface area contributed by atoms with Gasteiger partial charge in [0.1, 0.15) is 11.6 Å². The lowest BCUT2D eigenvalue weighted by atomic mass is 9.97. The molecular weight excluding hydrogens is 482 g/mol. The molecule has 0 unspecified atom stereocenters. The third-order valence-electron chi connectivity index (χ3n) is 4.74. The van der Waals surface area contributed by atoms with Gasteiger partial charge in [-0.05, 0) is 57.4 Å². The van der Waals surface area contributed by atoms with Gasteiger partial charge in [0.05, 0.1) is 10.2 Å². The number of aromatic hydroxyl groups is 1. The Balaban J connectivity index is 2.00. The van der Waals surface area contributed by atoms with E-state index in [0.29, 0.717) is 22.0 Å². The fourth-order valence-electron chi connectivity index (χ4n) is 3.39. The number of hydrogen-bond acceptors (Lipinski definition) is 2. The third-order valence-corrected chi connectivity index (χ3v) is 5.80. The van der Waals surface area contributed by atoms with E-state index in [1.54, 1.807) is 0 Å². The molecule has 0 spiro atoms. The van der Waals surface area contributed by atoms with Gasteiger partial charge < -0.3 is 15.8 Å². The Bertz CT molecular complexity index is 1200. The maximum absolute atomic E-state index is 10.7. The van der Waals surface area contributed by atoms with Crippen LogP contribution in [0.5, 0.6) is 5.75 Å². The summed E-state index contributed by atoms with van der Waals surface area (Å²) in [6.07, 6.45) is 0.682. The van der Waals surface area contributed by atoms with Gasteiger partial charge in [0.15, 0.2) is 0 Å². The molecule has 0 aliphatic carbocycles. The zero-order valence-electron chi connectivity index (χ0n) is 14.8. The van der Waals surface area contributed by atoms with Crippen LogP contribution in [0.3, 0.4) is 0 Å². The average Bonchev–Trinajstić information content (AvgIpc) is 3.03. The van der Waals surface area contributed by atoms with E-state index < -0.39 is 0 Å². The van der Waals surface area contributed by atoms with Crippen LogP contribution in [-0.2, 0) is 6.42 Å². The summed E-state index contributed by atoms with van der Waals surface area (Å²) in [7, 11) is 0. The zero-order chi connectivity index (χ0) is 19.8. The summed E-state index contributed by atoms with van der Waals surface area (Å²) < 4.78 is 1.48. The quantitative estimate of drug-likeness (QED) is 0.207. The predicted molar refractivity (Wildman–Crippen MR) is 121 cm³/mol. The zero-order valence-corrected chi connectivity index (χ0v) is 17.9. The van der Waals surface area contributed by atoms with Crippen LogP contribution in [0.2, 0.25) is 0 Å². The van der Waals surface area contributed by atoms with Crippen LogP contribution >= 0.6 is 31.9 Å². The Morgan fingerprint density at radius 1 is 1.04 bits per heavy atom. The minimum atomic E-state index is 0.0309. The molecule has 1 aromatic heterocycles. The van der Waals surface area contributed by atoms with E-state index in [9.17, 15) is 5.11 Å². The van der Waals surface area contributed by atoms with E-state index in [1.165, 1.54) is 0 Å². The van der Waals surface area contributed by atoms with Crippen molar-refractivity contribution in [1.82, 2.24) is 4.98 Å². The van der Waals surface area contributed by atoms with Gasteiger partial charge in [-0.2, -0.15) is 0 Å². The van der Waals surface area contributed by atoms with Crippen LogP contribution in [0, 0.1) is 5.41 Å². The second kappa shape index (κ2) is 7.45. The van der Waals surface area contributed by atoms with Crippen molar-refractivity contribution >= 4 is 48.6 Å². The Morgan fingerprint density at radius 3 is 2.50 bits per heavy atom. The summed E-state index contributed by atoms with van der Waals surface area (Å²) in [5, 5.41) is 19.5. The third kappa shape index (κ3) is 3.45. The van der Waals surface area contributed by atoms with Crippen LogP contribution in [0.15, 0.2) is 69.6 Å². The maximum atomic E-state index is 10.7. The second-order valence-electron chi connectivity index (χ2n) is 6.60. The molecule has 4 aromatic rings. The summed E-state index contributed by atoms with van der Waals surface area (Å²) in [6, 6.07) is 19.6. The first-order valence-electron chi connectivity index (χ1n) is 8.65. The number of nitrogens with two attached hydrogens (primary N) is 1. The first-order valence-corrected chi connectivity index (χ1v) is 10.2. The topological polar surface area (TPSA) is 85.9 Å². The lowest BCUT2D eigenvalue weighted by Gasteiger charge is -2.10. The summed E-state index contributed by atoms with van der Waals surface area (Å²) in [5.74, 6) is 0.208. The number of fused-ring (bicyclic) bond motifs is 1. The summed E-state index contributed by atoms with van der Waals surface area (Å²) in [5.41, 5.74) is 11.1. The fourth-order valence-corrected chi connectivity index (χ4v) is 4.61. The molecule has 0 aliphatic heterocycles. The highest BCUT2D eigenvalue weighted by Gasteiger charge is 2.19. The van der Waals surface area contributed by atoms with Gasteiger partial charge in [0, 0.05) is 32.9 Å². The van der Waals surface area contributed by atoms with Crippen molar-refractivity contribution in [1.29, 1.82) is 5.41 Å². The number of nitrogen functional groups attached to an aromatic ring is 1. The van der Waals surface area contributed by atoms with Gasteiger partial charge in [-0.1, -0.05) is 46.3 Å². The normalized spacial score (nSPS) is 11.1. The first kappa shape index (κ1) is 18.8. The number of rotatable bonds is 4. The smallest absolute Gasteiger partial charge is 0.139 e. The Morgan fingerprint density at radius 2 is 1.79 bits per heavy atom. The number of benzene rings is 3. The molecule has 0 fully saturated rings. The van der Waals surface area contributed by atoms with E-state index in [2.05, 4.69) is 49.0 Å². The van der Waals surface area contributed by atoms with Crippen LogP contribution in [0.4, 0.5) is 0 Å². The Kier molecular flexibility index (Phi) is 5.00. The lowest BCUT2D eigenvalue weighted by Crippen LogP contribution is -2.10. The van der Waals surface area contributed by atoms with E-state index in [1.807, 2.05) is 48.5 Å². The first-order chi connectivity index (χ1) is 13.4. The predicted octanol–water partition coefficient (Wildman–Crippen LogP) is 5.94. The molecule has 0 atom stereocenters. The largest absolute Gasteiger partial charge is 0.506 e. The number of aromatic amines is 1. The molecule has 4 rings (SSSR count). The van der Waals surface area contributed by atoms with Gasteiger partial charge in [0.2, 0.25) is 0 Å². The molecule has 5 N–H and O–H groups in total. The minimum absolute atomic E-state index is 0.0309. The molecule has 0 amide bonds. The molecule has 0 saturated carbocycles. The Labute approximate surface area is 179 Å².